The maximum atomic E-state index is 11.1. The number of rotatable bonds is 6. The van der Waals surface area contributed by atoms with E-state index in [1.165, 1.54) is 5.56 Å². The molecule has 0 heterocycles. The van der Waals surface area contributed by atoms with Crippen molar-refractivity contribution in [2.75, 3.05) is 6.61 Å². The summed E-state index contributed by atoms with van der Waals surface area (Å²) in [5, 5.41) is 0. The molecule has 0 unspecified atom stereocenters. The third-order valence-corrected chi connectivity index (χ3v) is 2.32. The average Bonchev–Trinajstić information content (AvgIpc) is 2.30. The van der Waals surface area contributed by atoms with Crippen molar-refractivity contribution < 1.29 is 9.53 Å². The number of benzene rings is 1. The highest BCUT2D eigenvalue weighted by Gasteiger charge is 2.00. The van der Waals surface area contributed by atoms with Crippen molar-refractivity contribution in [3.63, 3.8) is 0 Å². The van der Waals surface area contributed by atoms with E-state index in [-0.39, 0.29) is 5.97 Å². The monoisotopic (exact) mass is 218 g/mol. The average molecular weight is 218 g/mol. The maximum absolute atomic E-state index is 11.1. The number of esters is 1. The minimum absolute atomic E-state index is 0.106. The van der Waals surface area contributed by atoms with Crippen LogP contribution >= 0.6 is 0 Å². The van der Waals surface area contributed by atoms with Gasteiger partial charge in [0.25, 0.3) is 0 Å². The molecule has 0 aliphatic rings. The third-order valence-electron chi connectivity index (χ3n) is 2.32. The molecule has 0 bridgehead atoms. The van der Waals surface area contributed by atoms with Crippen molar-refractivity contribution in [1.29, 1.82) is 0 Å². The van der Waals surface area contributed by atoms with Crippen LogP contribution in [0.5, 0.6) is 0 Å². The van der Waals surface area contributed by atoms with Gasteiger partial charge in [0, 0.05) is 12.8 Å². The Bertz CT molecular complexity index is 338. The Kier molecular flexibility index (Phi) is 5.34. The number of hydrogen-bond donors (Lipinski definition) is 0. The van der Waals surface area contributed by atoms with E-state index < -0.39 is 0 Å². The van der Waals surface area contributed by atoms with Crippen LogP contribution in [0.15, 0.2) is 30.8 Å². The molecular weight excluding hydrogens is 200 g/mol. The topological polar surface area (TPSA) is 26.3 Å². The summed E-state index contributed by atoms with van der Waals surface area (Å²) in [4.78, 5) is 11.1. The predicted octanol–water partition coefficient (Wildman–Crippen LogP) is 3.22. The van der Waals surface area contributed by atoms with Crippen LogP contribution in [-0.2, 0) is 16.0 Å². The van der Waals surface area contributed by atoms with Gasteiger partial charge in [-0.25, -0.2) is 0 Å². The highest BCUT2D eigenvalue weighted by molar-refractivity contribution is 5.69. The van der Waals surface area contributed by atoms with Gasteiger partial charge in [0.2, 0.25) is 0 Å². The zero-order chi connectivity index (χ0) is 11.8. The molecule has 0 N–H and O–H groups in total. The molecule has 0 saturated carbocycles. The molecule has 0 atom stereocenters. The standard InChI is InChI=1S/C14H18O2/c1-3-5-14(15)16-11-10-13-8-6-12(4-2)7-9-13/h4,6-9H,2-3,5,10-11H2,1H3. The first-order chi connectivity index (χ1) is 7.76. The van der Waals surface area contributed by atoms with Crippen LogP contribution in [0.25, 0.3) is 6.08 Å². The van der Waals surface area contributed by atoms with E-state index in [4.69, 9.17) is 4.74 Å². The van der Waals surface area contributed by atoms with Gasteiger partial charge in [-0.2, -0.15) is 0 Å². The van der Waals surface area contributed by atoms with Crippen molar-refractivity contribution in [3.05, 3.63) is 42.0 Å². The largest absolute Gasteiger partial charge is 0.465 e. The lowest BCUT2D eigenvalue weighted by Crippen LogP contribution is -2.06. The van der Waals surface area contributed by atoms with E-state index in [0.717, 1.165) is 18.4 Å². The summed E-state index contributed by atoms with van der Waals surface area (Å²) >= 11 is 0. The minimum atomic E-state index is -0.106. The van der Waals surface area contributed by atoms with Crippen LogP contribution in [0.3, 0.4) is 0 Å². The van der Waals surface area contributed by atoms with Gasteiger partial charge in [-0.3, -0.25) is 4.79 Å². The van der Waals surface area contributed by atoms with Gasteiger partial charge in [-0.1, -0.05) is 43.8 Å². The van der Waals surface area contributed by atoms with Crippen LogP contribution < -0.4 is 0 Å². The summed E-state index contributed by atoms with van der Waals surface area (Å²) in [7, 11) is 0. The van der Waals surface area contributed by atoms with Crippen molar-refractivity contribution >= 4 is 12.0 Å². The molecule has 86 valence electrons. The van der Waals surface area contributed by atoms with E-state index in [1.807, 2.05) is 37.3 Å². The molecule has 2 nitrogen and oxygen atoms in total. The van der Waals surface area contributed by atoms with E-state index in [0.29, 0.717) is 13.0 Å². The molecule has 0 aromatic heterocycles. The fourth-order valence-electron chi connectivity index (χ4n) is 1.38. The van der Waals surface area contributed by atoms with Gasteiger partial charge in [0.15, 0.2) is 0 Å². The summed E-state index contributed by atoms with van der Waals surface area (Å²) < 4.78 is 5.08. The predicted molar refractivity (Wildman–Crippen MR) is 66.1 cm³/mol. The van der Waals surface area contributed by atoms with E-state index in [1.54, 1.807) is 0 Å². The Morgan fingerprint density at radius 2 is 2.06 bits per heavy atom. The fraction of sp³-hybridized carbons (Fsp3) is 0.357. The number of carbonyl (C=O) groups is 1. The summed E-state index contributed by atoms with van der Waals surface area (Å²) in [6.45, 7) is 6.13. The third kappa shape index (κ3) is 4.30. The van der Waals surface area contributed by atoms with Crippen LogP contribution in [0.4, 0.5) is 0 Å². The van der Waals surface area contributed by atoms with Crippen molar-refractivity contribution in [2.24, 2.45) is 0 Å². The zero-order valence-electron chi connectivity index (χ0n) is 9.74. The molecule has 1 aromatic rings. The smallest absolute Gasteiger partial charge is 0.305 e. The van der Waals surface area contributed by atoms with Crippen molar-refractivity contribution in [1.82, 2.24) is 0 Å². The molecule has 0 saturated heterocycles. The van der Waals surface area contributed by atoms with Crippen LogP contribution in [-0.4, -0.2) is 12.6 Å². The second kappa shape index (κ2) is 6.83. The van der Waals surface area contributed by atoms with E-state index in [2.05, 4.69) is 6.58 Å². The lowest BCUT2D eigenvalue weighted by molar-refractivity contribution is -0.143. The fourth-order valence-corrected chi connectivity index (χ4v) is 1.38. The van der Waals surface area contributed by atoms with Crippen LogP contribution in [0, 0.1) is 0 Å². The highest BCUT2D eigenvalue weighted by atomic mass is 16.5. The van der Waals surface area contributed by atoms with Crippen LogP contribution in [0.1, 0.15) is 30.9 Å². The SMILES string of the molecule is C=Cc1ccc(CCOC(=O)CCC)cc1. The van der Waals surface area contributed by atoms with Crippen LogP contribution in [0.2, 0.25) is 0 Å². The molecule has 0 fully saturated rings. The molecule has 1 rings (SSSR count). The summed E-state index contributed by atoms with van der Waals surface area (Å²) in [5.41, 5.74) is 2.28. The number of carbonyl (C=O) groups excluding carboxylic acids is 1. The molecule has 0 radical (unpaired) electrons. The first-order valence-electron chi connectivity index (χ1n) is 5.63. The molecule has 0 aliphatic carbocycles. The van der Waals surface area contributed by atoms with E-state index >= 15 is 0 Å². The Labute approximate surface area is 96.9 Å². The maximum Gasteiger partial charge on any atom is 0.305 e. The van der Waals surface area contributed by atoms with Gasteiger partial charge in [-0.15, -0.1) is 0 Å². The van der Waals surface area contributed by atoms with Gasteiger partial charge >= 0.3 is 5.97 Å². The van der Waals surface area contributed by atoms with Gasteiger partial charge in [0.05, 0.1) is 6.61 Å². The van der Waals surface area contributed by atoms with Crippen molar-refractivity contribution in [3.8, 4) is 0 Å². The molecule has 16 heavy (non-hydrogen) atoms. The summed E-state index contributed by atoms with van der Waals surface area (Å²) in [5.74, 6) is -0.106. The van der Waals surface area contributed by atoms with Gasteiger partial charge in [0.1, 0.15) is 0 Å². The Balaban J connectivity index is 2.31. The quantitative estimate of drug-likeness (QED) is 0.685. The molecule has 0 spiro atoms. The molecule has 2 heteroatoms. The lowest BCUT2D eigenvalue weighted by atomic mass is 10.1. The van der Waals surface area contributed by atoms with Crippen molar-refractivity contribution in [2.45, 2.75) is 26.2 Å². The van der Waals surface area contributed by atoms with E-state index in [9.17, 15) is 4.79 Å². The molecule has 1 aromatic carbocycles. The van der Waals surface area contributed by atoms with Gasteiger partial charge in [-0.05, 0) is 17.5 Å². The van der Waals surface area contributed by atoms with Gasteiger partial charge < -0.3 is 4.74 Å². The first kappa shape index (κ1) is 12.5. The highest BCUT2D eigenvalue weighted by Crippen LogP contribution is 2.06. The molecule has 0 amide bonds. The first-order valence-corrected chi connectivity index (χ1v) is 5.63. The number of hydrogen-bond acceptors (Lipinski definition) is 2. The Hall–Kier alpha value is -1.57. The summed E-state index contributed by atoms with van der Waals surface area (Å²) in [6, 6.07) is 8.09. The normalized spacial score (nSPS) is 9.81. The lowest BCUT2D eigenvalue weighted by Gasteiger charge is -2.04. The molecule has 0 aliphatic heterocycles. The Morgan fingerprint density at radius 3 is 2.62 bits per heavy atom. The Morgan fingerprint density at radius 1 is 1.38 bits per heavy atom. The molecular formula is C14H18O2. The zero-order valence-corrected chi connectivity index (χ0v) is 9.74. The second-order valence-corrected chi connectivity index (χ2v) is 3.67. The number of ether oxygens (including phenoxy) is 1. The summed E-state index contributed by atoms with van der Waals surface area (Å²) in [6.07, 6.45) is 3.93. The second-order valence-electron chi connectivity index (χ2n) is 3.67. The minimum Gasteiger partial charge on any atom is -0.465 e.